The van der Waals surface area contributed by atoms with Crippen molar-refractivity contribution in [2.75, 3.05) is 10.6 Å². The lowest BCUT2D eigenvalue weighted by Gasteiger charge is -2.11. The number of imidazole rings is 1. The third kappa shape index (κ3) is 4.81. The Balaban J connectivity index is 1.32. The van der Waals surface area contributed by atoms with Gasteiger partial charge in [-0.3, -0.25) is 4.57 Å². The van der Waals surface area contributed by atoms with Crippen molar-refractivity contribution in [2.24, 2.45) is 0 Å². The van der Waals surface area contributed by atoms with Crippen molar-refractivity contribution in [3.8, 4) is 5.69 Å². The molecule has 1 heterocycles. The molecule has 0 saturated heterocycles. The molecule has 0 radical (unpaired) electrons. The number of nitrogens with one attached hydrogen (secondary N) is 2. The van der Waals surface area contributed by atoms with Gasteiger partial charge in [0.25, 0.3) is 0 Å². The van der Waals surface area contributed by atoms with Crippen LogP contribution in [0.3, 0.4) is 0 Å². The maximum absolute atomic E-state index is 13.3. The van der Waals surface area contributed by atoms with Crippen LogP contribution in [0, 0.1) is 5.82 Å². The van der Waals surface area contributed by atoms with Gasteiger partial charge in [-0.2, -0.15) is 0 Å². The molecule has 0 aliphatic carbocycles. The minimum absolute atomic E-state index is 0.397. The Morgan fingerprint density at radius 1 is 0.765 bits per heavy atom. The zero-order chi connectivity index (χ0) is 23.3. The zero-order valence-electron chi connectivity index (χ0n) is 18.4. The number of nitrogens with zero attached hydrogens (tertiary/aromatic N) is 2. The molecule has 0 aliphatic heterocycles. The fraction of sp³-hybridized carbons (Fsp3) is 0.0714. The lowest BCUT2D eigenvalue weighted by molar-refractivity contribution is 0.262. The second kappa shape index (κ2) is 9.58. The Kier molecular flexibility index (Phi) is 6.03. The standard InChI is InChI=1S/C28H23FN4O/c29-21-9-7-11-23(19-21)31-28(34)30-22-10-6-8-20(18-22)16-17-27-32-25-14-4-5-15-26(25)33(27)24-12-2-1-3-13-24/h1-15,18-19H,16-17H2,(H2,30,31,34). The summed E-state index contributed by atoms with van der Waals surface area (Å²) in [4.78, 5) is 17.2. The second-order valence-corrected chi connectivity index (χ2v) is 7.98. The van der Waals surface area contributed by atoms with Crippen LogP contribution in [0.15, 0.2) is 103 Å². The molecule has 2 N–H and O–H groups in total. The number of urea groups is 1. The summed E-state index contributed by atoms with van der Waals surface area (Å²) >= 11 is 0. The van der Waals surface area contributed by atoms with E-state index in [1.165, 1.54) is 12.1 Å². The van der Waals surface area contributed by atoms with Crippen LogP contribution in [-0.4, -0.2) is 15.6 Å². The van der Waals surface area contributed by atoms with E-state index < -0.39 is 11.8 Å². The topological polar surface area (TPSA) is 59.0 Å². The third-order valence-corrected chi connectivity index (χ3v) is 5.55. The van der Waals surface area contributed by atoms with Gasteiger partial charge >= 0.3 is 6.03 Å². The van der Waals surface area contributed by atoms with Gasteiger partial charge < -0.3 is 10.6 Å². The van der Waals surface area contributed by atoms with Crippen molar-refractivity contribution in [3.05, 3.63) is 120 Å². The molecule has 2 amide bonds. The molecule has 1 aromatic heterocycles. The highest BCUT2D eigenvalue weighted by molar-refractivity contribution is 5.99. The lowest BCUT2D eigenvalue weighted by atomic mass is 10.1. The first-order valence-corrected chi connectivity index (χ1v) is 11.1. The Morgan fingerprint density at radius 2 is 1.47 bits per heavy atom. The molecule has 0 spiro atoms. The van der Waals surface area contributed by atoms with Crippen LogP contribution in [0.5, 0.6) is 0 Å². The molecule has 4 aromatic carbocycles. The number of rotatable bonds is 6. The molecule has 0 atom stereocenters. The van der Waals surface area contributed by atoms with Gasteiger partial charge in [-0.25, -0.2) is 14.2 Å². The summed E-state index contributed by atoms with van der Waals surface area (Å²) in [5.74, 6) is 0.580. The van der Waals surface area contributed by atoms with Gasteiger partial charge in [0.05, 0.1) is 11.0 Å². The molecule has 0 fully saturated rings. The van der Waals surface area contributed by atoms with Crippen molar-refractivity contribution in [1.29, 1.82) is 0 Å². The number of hydrogen-bond acceptors (Lipinski definition) is 2. The third-order valence-electron chi connectivity index (χ3n) is 5.55. The summed E-state index contributed by atoms with van der Waals surface area (Å²) in [5.41, 5.74) is 5.27. The van der Waals surface area contributed by atoms with Crippen LogP contribution in [0.25, 0.3) is 16.7 Å². The zero-order valence-corrected chi connectivity index (χ0v) is 18.4. The number of hydrogen-bond donors (Lipinski definition) is 2. The van der Waals surface area contributed by atoms with Gasteiger partial charge in [0.15, 0.2) is 0 Å². The van der Waals surface area contributed by atoms with Crippen LogP contribution in [-0.2, 0) is 12.8 Å². The lowest BCUT2D eigenvalue weighted by Crippen LogP contribution is -2.19. The number of para-hydroxylation sites is 3. The number of aromatic nitrogens is 2. The average molecular weight is 451 g/mol. The van der Waals surface area contributed by atoms with Crippen molar-refractivity contribution in [1.82, 2.24) is 9.55 Å². The van der Waals surface area contributed by atoms with Gasteiger partial charge in [0, 0.05) is 23.5 Å². The highest BCUT2D eigenvalue weighted by atomic mass is 19.1. The highest BCUT2D eigenvalue weighted by Crippen LogP contribution is 2.23. The molecule has 0 saturated carbocycles. The van der Waals surface area contributed by atoms with E-state index in [2.05, 4.69) is 33.4 Å². The predicted molar refractivity (Wildman–Crippen MR) is 134 cm³/mol. The first-order valence-electron chi connectivity index (χ1n) is 11.1. The minimum Gasteiger partial charge on any atom is -0.308 e. The second-order valence-electron chi connectivity index (χ2n) is 7.98. The maximum atomic E-state index is 13.3. The number of carbonyl (C=O) groups excluding carboxylic acids is 1. The van der Waals surface area contributed by atoms with E-state index in [1.54, 1.807) is 12.1 Å². The van der Waals surface area contributed by atoms with Crippen LogP contribution in [0.2, 0.25) is 0 Å². The monoisotopic (exact) mass is 450 g/mol. The summed E-state index contributed by atoms with van der Waals surface area (Å²) in [6.07, 6.45) is 1.50. The number of anilines is 2. The van der Waals surface area contributed by atoms with E-state index in [1.807, 2.05) is 60.7 Å². The smallest absolute Gasteiger partial charge is 0.308 e. The summed E-state index contributed by atoms with van der Waals surface area (Å²) in [7, 11) is 0. The predicted octanol–water partition coefficient (Wildman–Crippen LogP) is 6.59. The maximum Gasteiger partial charge on any atom is 0.323 e. The average Bonchev–Trinajstić information content (AvgIpc) is 3.22. The summed E-state index contributed by atoms with van der Waals surface area (Å²) < 4.78 is 15.5. The number of halogens is 1. The minimum atomic E-state index is -0.423. The van der Waals surface area contributed by atoms with Gasteiger partial charge in [-0.1, -0.05) is 48.5 Å². The normalized spacial score (nSPS) is 10.9. The van der Waals surface area contributed by atoms with Gasteiger partial charge in [-0.05, 0) is 66.6 Å². The molecule has 34 heavy (non-hydrogen) atoms. The first-order chi connectivity index (χ1) is 16.7. The highest BCUT2D eigenvalue weighted by Gasteiger charge is 2.12. The Morgan fingerprint density at radius 3 is 2.26 bits per heavy atom. The van der Waals surface area contributed by atoms with E-state index in [0.29, 0.717) is 11.4 Å². The number of amides is 2. The molecule has 5 aromatic rings. The molecule has 5 nitrogen and oxygen atoms in total. The van der Waals surface area contributed by atoms with E-state index in [-0.39, 0.29) is 0 Å². The number of carbonyl (C=O) groups is 1. The summed E-state index contributed by atoms with van der Waals surface area (Å²) in [5, 5.41) is 5.46. The molecular formula is C28H23FN4O. The number of aryl methyl sites for hydroxylation is 2. The van der Waals surface area contributed by atoms with Crippen LogP contribution >= 0.6 is 0 Å². The molecule has 0 unspecified atom stereocenters. The number of benzene rings is 4. The molecule has 0 bridgehead atoms. The largest absolute Gasteiger partial charge is 0.323 e. The Labute approximate surface area is 196 Å². The SMILES string of the molecule is O=C(Nc1cccc(F)c1)Nc1cccc(CCc2nc3ccccc3n2-c2ccccc2)c1. The summed E-state index contributed by atoms with van der Waals surface area (Å²) in [6.45, 7) is 0. The van der Waals surface area contributed by atoms with Crippen LogP contribution in [0.1, 0.15) is 11.4 Å². The van der Waals surface area contributed by atoms with E-state index in [9.17, 15) is 9.18 Å². The van der Waals surface area contributed by atoms with Crippen molar-refractivity contribution in [2.45, 2.75) is 12.8 Å². The summed E-state index contributed by atoms with van der Waals surface area (Å²) in [6, 6.07) is 31.4. The Hall–Kier alpha value is -4.45. The van der Waals surface area contributed by atoms with E-state index in [0.717, 1.165) is 41.0 Å². The quantitative estimate of drug-likeness (QED) is 0.306. The van der Waals surface area contributed by atoms with Gasteiger partial charge in [0.1, 0.15) is 11.6 Å². The molecule has 0 aliphatic rings. The molecule has 5 rings (SSSR count). The van der Waals surface area contributed by atoms with Crippen molar-refractivity contribution < 1.29 is 9.18 Å². The van der Waals surface area contributed by atoms with Gasteiger partial charge in [-0.15, -0.1) is 0 Å². The van der Waals surface area contributed by atoms with E-state index >= 15 is 0 Å². The fourth-order valence-corrected chi connectivity index (χ4v) is 4.03. The molecular weight excluding hydrogens is 427 g/mol. The molecule has 168 valence electrons. The fourth-order valence-electron chi connectivity index (χ4n) is 4.03. The first kappa shape index (κ1) is 21.4. The van der Waals surface area contributed by atoms with Crippen molar-refractivity contribution >= 4 is 28.4 Å². The molecule has 6 heteroatoms. The van der Waals surface area contributed by atoms with Gasteiger partial charge in [0.2, 0.25) is 0 Å². The number of fused-ring (bicyclic) bond motifs is 1. The van der Waals surface area contributed by atoms with Crippen LogP contribution < -0.4 is 10.6 Å². The van der Waals surface area contributed by atoms with Crippen LogP contribution in [0.4, 0.5) is 20.6 Å². The Bertz CT molecular complexity index is 1450. The van der Waals surface area contributed by atoms with E-state index in [4.69, 9.17) is 4.98 Å². The van der Waals surface area contributed by atoms with Crippen molar-refractivity contribution in [3.63, 3.8) is 0 Å².